The van der Waals surface area contributed by atoms with Crippen LogP contribution in [0.2, 0.25) is 0 Å². The van der Waals surface area contributed by atoms with Gasteiger partial charge in [-0.25, -0.2) is 8.78 Å². The van der Waals surface area contributed by atoms with Gasteiger partial charge in [0.15, 0.2) is 0 Å². The molecule has 16 heteroatoms. The minimum atomic E-state index is -0.808. The summed E-state index contributed by atoms with van der Waals surface area (Å²) in [6, 6.07) is 7.27. The zero-order valence-electron chi connectivity index (χ0n) is 24.8. The number of nitrogens with zero attached hydrogens (tertiary/aromatic N) is 8. The normalized spacial score (nSPS) is 20.2. The first kappa shape index (κ1) is 30.5. The first-order valence-electron chi connectivity index (χ1n) is 15.3. The van der Waals surface area contributed by atoms with Crippen molar-refractivity contribution in [2.45, 2.75) is 62.7 Å². The second kappa shape index (κ2) is 13.3. The summed E-state index contributed by atoms with van der Waals surface area (Å²) in [5.41, 5.74) is 2.94. The van der Waals surface area contributed by atoms with Gasteiger partial charge >= 0.3 is 0 Å². The van der Waals surface area contributed by atoms with Crippen molar-refractivity contribution in [2.75, 3.05) is 46.6 Å². The molecule has 4 aromatic heterocycles. The van der Waals surface area contributed by atoms with Gasteiger partial charge in [0.25, 0.3) is 0 Å². The molecular weight excluding hydrogens is 635 g/mol. The van der Waals surface area contributed by atoms with Gasteiger partial charge in [0.05, 0.1) is 50.4 Å². The quantitative estimate of drug-likeness (QED) is 0.252. The average molecular weight is 667 g/mol. The molecule has 1 saturated carbocycles. The number of aromatic nitrogens is 6. The molecule has 12 nitrogen and oxygen atoms in total. The standard InChI is InChI=1S/C30H32F2N10O2S2/c31-19-13-41(14-19)23-4-6-33-21(9-23)11-25(43)35-29-39-37-27(45-29)17-2-1-3-18(8-17)28-38-40-30(46-28)36-26(44)12-22-10-24(5-7-34-22)42-15-20(32)16-42/h4-7,9-10,17-20H,1-3,8,11-16H2,(H,35,39,43)(H,36,40,44). The second-order valence-electron chi connectivity index (χ2n) is 11.9. The van der Waals surface area contributed by atoms with Crippen LogP contribution in [0.1, 0.15) is 58.9 Å². The number of hydrogen-bond acceptors (Lipinski definition) is 12. The number of hydrogen-bond donors (Lipinski definition) is 2. The Kier molecular flexibility index (Phi) is 8.80. The van der Waals surface area contributed by atoms with Gasteiger partial charge in [0.2, 0.25) is 22.1 Å². The van der Waals surface area contributed by atoms with Crippen LogP contribution in [-0.4, -0.2) is 80.7 Å². The minimum absolute atomic E-state index is 0.0828. The lowest BCUT2D eigenvalue weighted by molar-refractivity contribution is -0.116. The van der Waals surface area contributed by atoms with Crippen molar-refractivity contribution in [3.8, 4) is 0 Å². The van der Waals surface area contributed by atoms with Crippen molar-refractivity contribution in [1.82, 2.24) is 30.4 Å². The molecule has 6 heterocycles. The fourth-order valence-corrected chi connectivity index (χ4v) is 7.80. The van der Waals surface area contributed by atoms with Crippen LogP contribution in [0, 0.1) is 0 Å². The van der Waals surface area contributed by atoms with E-state index in [1.165, 1.54) is 22.7 Å². The summed E-state index contributed by atoms with van der Waals surface area (Å²) in [5, 5.41) is 25.5. The van der Waals surface area contributed by atoms with Crippen LogP contribution in [0.15, 0.2) is 36.7 Å². The van der Waals surface area contributed by atoms with Gasteiger partial charge < -0.3 is 20.4 Å². The van der Waals surface area contributed by atoms with Crippen LogP contribution < -0.4 is 20.4 Å². The molecule has 2 unspecified atom stereocenters. The number of amides is 2. The number of carbonyl (C=O) groups excluding carboxylic acids is 2. The highest BCUT2D eigenvalue weighted by atomic mass is 32.1. The molecular formula is C30H32F2N10O2S2. The molecule has 240 valence electrons. The molecule has 3 fully saturated rings. The molecule has 0 spiro atoms. The molecule has 46 heavy (non-hydrogen) atoms. The molecule has 1 aliphatic carbocycles. The van der Waals surface area contributed by atoms with Crippen LogP contribution in [-0.2, 0) is 22.4 Å². The maximum absolute atomic E-state index is 13.2. The van der Waals surface area contributed by atoms with Gasteiger partial charge in [-0.2, -0.15) is 0 Å². The number of alkyl halides is 2. The summed E-state index contributed by atoms with van der Waals surface area (Å²) in [7, 11) is 0. The summed E-state index contributed by atoms with van der Waals surface area (Å²) in [6.07, 6.45) is 5.56. The third-order valence-corrected chi connectivity index (χ3v) is 10.4. The number of nitrogens with one attached hydrogen (secondary N) is 2. The Hall–Kier alpha value is -4.18. The fourth-order valence-electron chi connectivity index (χ4n) is 5.98. The van der Waals surface area contributed by atoms with Crippen molar-refractivity contribution in [2.24, 2.45) is 0 Å². The largest absolute Gasteiger partial charge is 0.365 e. The topological polar surface area (TPSA) is 142 Å². The molecule has 2 N–H and O–H groups in total. The number of carbonyl (C=O) groups is 2. The number of pyridine rings is 2. The van der Waals surface area contributed by atoms with Crippen LogP contribution in [0.3, 0.4) is 0 Å². The number of halogens is 2. The summed E-state index contributed by atoms with van der Waals surface area (Å²) in [6.45, 7) is 1.44. The highest BCUT2D eigenvalue weighted by Gasteiger charge is 2.30. The lowest BCUT2D eigenvalue weighted by Crippen LogP contribution is -2.48. The Balaban J connectivity index is 0.904. The molecule has 0 aromatic carbocycles. The molecule has 3 aliphatic rings. The Morgan fingerprint density at radius 1 is 0.739 bits per heavy atom. The van der Waals surface area contributed by atoms with Gasteiger partial charge in [-0.15, -0.1) is 20.4 Å². The van der Waals surface area contributed by atoms with Crippen molar-refractivity contribution in [3.63, 3.8) is 0 Å². The molecule has 0 bridgehead atoms. The van der Waals surface area contributed by atoms with E-state index in [4.69, 9.17) is 0 Å². The number of anilines is 4. The lowest BCUT2D eigenvalue weighted by Gasteiger charge is -2.36. The zero-order valence-corrected chi connectivity index (χ0v) is 26.4. The average Bonchev–Trinajstić information content (AvgIpc) is 3.68. The van der Waals surface area contributed by atoms with Crippen LogP contribution >= 0.6 is 22.7 Å². The van der Waals surface area contributed by atoms with Crippen LogP contribution in [0.5, 0.6) is 0 Å². The van der Waals surface area contributed by atoms with Gasteiger partial charge in [0.1, 0.15) is 22.4 Å². The summed E-state index contributed by atoms with van der Waals surface area (Å²) in [4.78, 5) is 37.8. The first-order valence-corrected chi connectivity index (χ1v) is 16.9. The molecule has 7 rings (SSSR count). The smallest absolute Gasteiger partial charge is 0.232 e. The van der Waals surface area contributed by atoms with Crippen molar-refractivity contribution >= 4 is 56.1 Å². The van der Waals surface area contributed by atoms with E-state index in [-0.39, 0.29) is 36.5 Å². The summed E-state index contributed by atoms with van der Waals surface area (Å²) < 4.78 is 26.5. The van der Waals surface area contributed by atoms with E-state index in [0.717, 1.165) is 47.1 Å². The predicted molar refractivity (Wildman–Crippen MR) is 171 cm³/mol. The van der Waals surface area contributed by atoms with E-state index in [1.54, 1.807) is 12.4 Å². The van der Waals surface area contributed by atoms with E-state index in [2.05, 4.69) is 41.0 Å². The van der Waals surface area contributed by atoms with Crippen LogP contribution in [0.4, 0.5) is 30.4 Å². The summed E-state index contributed by atoms with van der Waals surface area (Å²) in [5.74, 6) is -0.122. The first-order chi connectivity index (χ1) is 22.3. The monoisotopic (exact) mass is 666 g/mol. The van der Waals surface area contributed by atoms with E-state index < -0.39 is 12.3 Å². The van der Waals surface area contributed by atoms with Crippen molar-refractivity contribution in [1.29, 1.82) is 0 Å². The highest BCUT2D eigenvalue weighted by molar-refractivity contribution is 7.15. The SMILES string of the molecule is O=C(Cc1cc(N2CC(F)C2)ccn1)Nc1nnc(C2CCCC(c3nnc(NC(=O)Cc4cc(N5CC(F)C5)ccn4)s3)C2)s1. The van der Waals surface area contributed by atoms with Gasteiger partial charge in [-0.3, -0.25) is 19.6 Å². The van der Waals surface area contributed by atoms with Gasteiger partial charge in [-0.1, -0.05) is 29.1 Å². The molecule has 2 aliphatic heterocycles. The molecule has 0 radical (unpaired) electrons. The minimum Gasteiger partial charge on any atom is -0.365 e. The van der Waals surface area contributed by atoms with Crippen molar-refractivity contribution in [3.05, 3.63) is 58.1 Å². The fraction of sp³-hybridized carbons (Fsp3) is 0.467. The van der Waals surface area contributed by atoms with E-state index in [0.29, 0.717) is 47.8 Å². The molecule has 4 aromatic rings. The Morgan fingerprint density at radius 2 is 1.20 bits per heavy atom. The Labute approximate surface area is 271 Å². The second-order valence-corrected chi connectivity index (χ2v) is 13.9. The highest BCUT2D eigenvalue weighted by Crippen LogP contribution is 2.43. The predicted octanol–water partition coefficient (Wildman–Crippen LogP) is 4.30. The lowest BCUT2D eigenvalue weighted by atomic mass is 9.82. The Bertz CT molecular complexity index is 1590. The van der Waals surface area contributed by atoms with E-state index in [9.17, 15) is 18.4 Å². The van der Waals surface area contributed by atoms with Crippen LogP contribution in [0.25, 0.3) is 0 Å². The third kappa shape index (κ3) is 7.12. The molecule has 2 atom stereocenters. The summed E-state index contributed by atoms with van der Waals surface area (Å²) >= 11 is 2.75. The van der Waals surface area contributed by atoms with Crippen molar-refractivity contribution < 1.29 is 18.4 Å². The van der Waals surface area contributed by atoms with Gasteiger partial charge in [0, 0.05) is 35.6 Å². The maximum atomic E-state index is 13.2. The van der Waals surface area contributed by atoms with E-state index >= 15 is 0 Å². The molecule has 2 amide bonds. The van der Waals surface area contributed by atoms with Gasteiger partial charge in [-0.05, 0) is 43.5 Å². The van der Waals surface area contributed by atoms with E-state index in [1.807, 2.05) is 34.1 Å². The zero-order chi connectivity index (χ0) is 31.6. The molecule has 2 saturated heterocycles. The maximum Gasteiger partial charge on any atom is 0.232 e. The Morgan fingerprint density at radius 3 is 1.63 bits per heavy atom. The number of rotatable bonds is 10. The third-order valence-electron chi connectivity index (χ3n) is 8.43.